The third-order valence-electron chi connectivity index (χ3n) is 5.23. The van der Waals surface area contributed by atoms with Crippen molar-refractivity contribution in [3.8, 4) is 5.75 Å². The molecule has 4 rings (SSSR count). The fourth-order valence-corrected chi connectivity index (χ4v) is 5.49. The van der Waals surface area contributed by atoms with Gasteiger partial charge >= 0.3 is 0 Å². The van der Waals surface area contributed by atoms with Gasteiger partial charge in [0.25, 0.3) is 5.91 Å². The molecule has 0 aliphatic rings. The molecule has 176 valence electrons. The highest BCUT2D eigenvalue weighted by Crippen LogP contribution is 2.33. The van der Waals surface area contributed by atoms with Gasteiger partial charge in [-0.1, -0.05) is 23.5 Å². The molecule has 0 unspecified atom stereocenters. The van der Waals surface area contributed by atoms with Gasteiger partial charge in [0.2, 0.25) is 0 Å². The zero-order valence-corrected chi connectivity index (χ0v) is 20.8. The molecule has 0 aliphatic carbocycles. The highest BCUT2D eigenvalue weighted by atomic mass is 32.2. The van der Waals surface area contributed by atoms with Crippen LogP contribution in [0.5, 0.6) is 5.75 Å². The normalized spacial score (nSPS) is 11.6. The summed E-state index contributed by atoms with van der Waals surface area (Å²) in [4.78, 5) is 24.2. The van der Waals surface area contributed by atoms with Crippen molar-refractivity contribution in [2.75, 3.05) is 11.5 Å². The van der Waals surface area contributed by atoms with Crippen molar-refractivity contribution in [1.29, 1.82) is 0 Å². The summed E-state index contributed by atoms with van der Waals surface area (Å²) in [5, 5.41) is -0.0808. The van der Waals surface area contributed by atoms with Gasteiger partial charge in [0, 0.05) is 18.0 Å². The van der Waals surface area contributed by atoms with E-state index in [2.05, 4.69) is 9.97 Å². The van der Waals surface area contributed by atoms with Crippen molar-refractivity contribution in [3.05, 3.63) is 78.1 Å². The van der Waals surface area contributed by atoms with Crippen LogP contribution in [0, 0.1) is 0 Å². The molecule has 4 aromatic rings. The van der Waals surface area contributed by atoms with Gasteiger partial charge < -0.3 is 4.74 Å². The number of carbonyl (C=O) groups is 1. The minimum atomic E-state index is -3.52. The number of benzene rings is 2. The van der Waals surface area contributed by atoms with Crippen molar-refractivity contribution in [2.24, 2.45) is 0 Å². The van der Waals surface area contributed by atoms with E-state index < -0.39 is 15.1 Å². The Morgan fingerprint density at radius 3 is 2.65 bits per heavy atom. The number of sulfone groups is 1. The molecule has 34 heavy (non-hydrogen) atoms. The van der Waals surface area contributed by atoms with Crippen LogP contribution in [0.15, 0.2) is 71.9 Å². The average molecular weight is 496 g/mol. The summed E-state index contributed by atoms with van der Waals surface area (Å²) in [6, 6.07) is 15.5. The van der Waals surface area contributed by atoms with Crippen LogP contribution in [0.25, 0.3) is 10.2 Å². The zero-order valence-electron chi connectivity index (χ0n) is 19.1. The fraction of sp³-hybridized carbons (Fsp3) is 0.240. The predicted octanol–water partition coefficient (Wildman–Crippen LogP) is 5.12. The van der Waals surface area contributed by atoms with E-state index in [9.17, 15) is 13.2 Å². The van der Waals surface area contributed by atoms with Crippen LogP contribution in [0.2, 0.25) is 0 Å². The number of ether oxygens (including phenoxy) is 1. The molecule has 0 bridgehead atoms. The maximum absolute atomic E-state index is 13.7. The van der Waals surface area contributed by atoms with E-state index in [1.54, 1.807) is 49.3 Å². The number of nitrogens with zero attached hydrogens (tertiary/aromatic N) is 3. The summed E-state index contributed by atoms with van der Waals surface area (Å²) < 4.78 is 31.9. The largest absolute Gasteiger partial charge is 0.494 e. The summed E-state index contributed by atoms with van der Waals surface area (Å²) >= 11 is 1.38. The van der Waals surface area contributed by atoms with Crippen LogP contribution in [0.4, 0.5) is 5.13 Å². The smallest absolute Gasteiger partial charge is 0.260 e. The lowest BCUT2D eigenvalue weighted by Gasteiger charge is -2.20. The van der Waals surface area contributed by atoms with Crippen LogP contribution in [0.1, 0.15) is 36.7 Å². The van der Waals surface area contributed by atoms with Crippen molar-refractivity contribution in [3.63, 3.8) is 0 Å². The Morgan fingerprint density at radius 1 is 1.12 bits per heavy atom. The first kappa shape index (κ1) is 23.8. The van der Waals surface area contributed by atoms with E-state index in [1.807, 2.05) is 31.2 Å². The Labute approximate surface area is 203 Å². The topological polar surface area (TPSA) is 89.5 Å². The highest BCUT2D eigenvalue weighted by molar-refractivity contribution is 7.92. The molecule has 0 saturated carbocycles. The summed E-state index contributed by atoms with van der Waals surface area (Å²) in [7, 11) is -3.52. The van der Waals surface area contributed by atoms with Gasteiger partial charge in [-0.2, -0.15) is 0 Å². The van der Waals surface area contributed by atoms with Gasteiger partial charge in [-0.05, 0) is 68.8 Å². The Balaban J connectivity index is 1.77. The van der Waals surface area contributed by atoms with Gasteiger partial charge in [0.15, 0.2) is 15.0 Å². The minimum absolute atomic E-state index is 0.125. The minimum Gasteiger partial charge on any atom is -0.494 e. The molecule has 0 aliphatic heterocycles. The molecule has 0 spiro atoms. The number of pyridine rings is 1. The van der Waals surface area contributed by atoms with E-state index in [-0.39, 0.29) is 22.9 Å². The number of amides is 1. The van der Waals surface area contributed by atoms with E-state index in [0.717, 1.165) is 21.5 Å². The van der Waals surface area contributed by atoms with Crippen molar-refractivity contribution in [2.45, 2.75) is 37.5 Å². The third kappa shape index (κ3) is 4.95. The maximum Gasteiger partial charge on any atom is 0.260 e. The molecule has 7 nitrogen and oxygen atoms in total. The lowest BCUT2D eigenvalue weighted by molar-refractivity contribution is 0.0985. The van der Waals surface area contributed by atoms with Gasteiger partial charge in [0.1, 0.15) is 5.75 Å². The first-order chi connectivity index (χ1) is 16.3. The quantitative estimate of drug-likeness (QED) is 0.337. The summed E-state index contributed by atoms with van der Waals surface area (Å²) in [5.74, 6) is 0.399. The number of hydrogen-bond acceptors (Lipinski definition) is 7. The molecular weight excluding hydrogens is 470 g/mol. The molecule has 9 heteroatoms. The van der Waals surface area contributed by atoms with E-state index in [1.165, 1.54) is 23.5 Å². The van der Waals surface area contributed by atoms with Gasteiger partial charge in [-0.15, -0.1) is 0 Å². The van der Waals surface area contributed by atoms with Crippen LogP contribution in [-0.4, -0.2) is 36.1 Å². The molecule has 0 fully saturated rings. The molecule has 0 saturated heterocycles. The van der Waals surface area contributed by atoms with Gasteiger partial charge in [-0.25, -0.2) is 13.4 Å². The molecule has 2 aromatic heterocycles. The number of carbonyl (C=O) groups excluding carboxylic acids is 1. The Kier molecular flexibility index (Phi) is 6.95. The van der Waals surface area contributed by atoms with Crippen molar-refractivity contribution < 1.29 is 17.9 Å². The number of aromatic nitrogens is 2. The second kappa shape index (κ2) is 9.90. The molecule has 0 N–H and O–H groups in total. The SMILES string of the molecule is CCOc1ccc2nc(N(Cc3cccnc3)C(=O)c3cccc(S(=O)(=O)C(C)C)c3)sc2c1. The van der Waals surface area contributed by atoms with E-state index in [4.69, 9.17) is 4.74 Å². The summed E-state index contributed by atoms with van der Waals surface area (Å²) in [5.41, 5.74) is 1.86. The summed E-state index contributed by atoms with van der Waals surface area (Å²) in [6.07, 6.45) is 3.36. The van der Waals surface area contributed by atoms with Gasteiger partial charge in [-0.3, -0.25) is 14.7 Å². The highest BCUT2D eigenvalue weighted by Gasteiger charge is 2.25. The monoisotopic (exact) mass is 495 g/mol. The van der Waals surface area contributed by atoms with Crippen LogP contribution in [0.3, 0.4) is 0 Å². The van der Waals surface area contributed by atoms with E-state index in [0.29, 0.717) is 11.7 Å². The van der Waals surface area contributed by atoms with Crippen LogP contribution in [-0.2, 0) is 16.4 Å². The Morgan fingerprint density at radius 2 is 1.94 bits per heavy atom. The molecule has 0 atom stereocenters. The molecule has 1 amide bonds. The van der Waals surface area contributed by atoms with Crippen molar-refractivity contribution >= 4 is 42.4 Å². The van der Waals surface area contributed by atoms with Gasteiger partial charge in [0.05, 0.1) is 33.5 Å². The van der Waals surface area contributed by atoms with Crippen LogP contribution >= 0.6 is 11.3 Å². The number of rotatable bonds is 8. The van der Waals surface area contributed by atoms with Crippen LogP contribution < -0.4 is 9.64 Å². The number of fused-ring (bicyclic) bond motifs is 1. The summed E-state index contributed by atoms with van der Waals surface area (Å²) in [6.45, 7) is 5.96. The fourth-order valence-electron chi connectivity index (χ4n) is 3.40. The lowest BCUT2D eigenvalue weighted by atomic mass is 10.2. The maximum atomic E-state index is 13.7. The Hall–Kier alpha value is -3.30. The second-order valence-electron chi connectivity index (χ2n) is 7.93. The Bertz CT molecular complexity index is 1420. The first-order valence-corrected chi connectivity index (χ1v) is 13.2. The third-order valence-corrected chi connectivity index (χ3v) is 8.42. The molecule has 2 aromatic carbocycles. The number of hydrogen-bond donors (Lipinski definition) is 0. The van der Waals surface area contributed by atoms with Crippen molar-refractivity contribution in [1.82, 2.24) is 9.97 Å². The van der Waals surface area contributed by atoms with E-state index >= 15 is 0 Å². The molecule has 0 radical (unpaired) electrons. The molecular formula is C25H25N3O4S2. The number of anilines is 1. The zero-order chi connectivity index (χ0) is 24.3. The first-order valence-electron chi connectivity index (χ1n) is 10.9. The number of thiazole rings is 1. The standard InChI is InChI=1S/C25H25N3O4S2/c1-4-32-20-10-11-22-23(14-20)33-25(27-22)28(16-18-7-6-12-26-15-18)24(29)19-8-5-9-21(13-19)34(30,31)17(2)3/h5-15,17H,4,16H2,1-3H3. The second-order valence-corrected chi connectivity index (χ2v) is 11.4. The lowest BCUT2D eigenvalue weighted by Crippen LogP contribution is -2.30. The predicted molar refractivity (Wildman–Crippen MR) is 134 cm³/mol. The average Bonchev–Trinajstić information content (AvgIpc) is 3.26. The molecule has 2 heterocycles.